The van der Waals surface area contributed by atoms with Gasteiger partial charge in [0.1, 0.15) is 0 Å². The predicted octanol–water partition coefficient (Wildman–Crippen LogP) is 4.06. The lowest BCUT2D eigenvalue weighted by molar-refractivity contribution is -0.176. The molecule has 28 heavy (non-hydrogen) atoms. The molecule has 148 valence electrons. The molecule has 0 saturated heterocycles. The zero-order valence-electron chi connectivity index (χ0n) is 16.6. The average molecular weight is 400 g/mol. The molecule has 0 unspecified atom stereocenters. The fraction of sp³-hybridized carbons (Fsp3) is 0.318. The molecule has 0 bridgehead atoms. The van der Waals surface area contributed by atoms with Crippen LogP contribution < -0.4 is 0 Å². The Morgan fingerprint density at radius 2 is 1.68 bits per heavy atom. The minimum absolute atomic E-state index is 0.0780. The molecular formula is C22H25NO4S. The van der Waals surface area contributed by atoms with Gasteiger partial charge in [-0.05, 0) is 49.5 Å². The van der Waals surface area contributed by atoms with Crippen LogP contribution in [0.3, 0.4) is 0 Å². The Morgan fingerprint density at radius 1 is 1.07 bits per heavy atom. The molecule has 0 aliphatic heterocycles. The van der Waals surface area contributed by atoms with Gasteiger partial charge in [-0.2, -0.15) is 13.5 Å². The third-order valence-electron chi connectivity index (χ3n) is 5.07. The van der Waals surface area contributed by atoms with Gasteiger partial charge < -0.3 is 0 Å². The van der Waals surface area contributed by atoms with Crippen molar-refractivity contribution in [3.8, 4) is 0 Å². The Bertz CT molecular complexity index is 1020. The average Bonchev–Trinajstić information content (AvgIpc) is 2.95. The normalized spacial score (nSPS) is 14.1. The quantitative estimate of drug-likeness (QED) is 0.687. The van der Waals surface area contributed by atoms with Crippen LogP contribution in [0.1, 0.15) is 43.9 Å². The lowest BCUT2D eigenvalue weighted by Gasteiger charge is -2.36. The van der Waals surface area contributed by atoms with Gasteiger partial charge in [-0.3, -0.25) is 4.79 Å². The van der Waals surface area contributed by atoms with E-state index in [2.05, 4.69) is 6.07 Å². The van der Waals surface area contributed by atoms with Gasteiger partial charge in [-0.25, -0.2) is 0 Å². The molecule has 6 heteroatoms. The van der Waals surface area contributed by atoms with Crippen molar-refractivity contribution in [2.45, 2.75) is 39.2 Å². The van der Waals surface area contributed by atoms with Gasteiger partial charge >= 0.3 is 0 Å². The summed E-state index contributed by atoms with van der Waals surface area (Å²) in [5.74, 6) is -0.398. The van der Waals surface area contributed by atoms with E-state index in [1.54, 1.807) is 13.8 Å². The summed E-state index contributed by atoms with van der Waals surface area (Å²) in [7, 11) is -3.88. The maximum Gasteiger partial charge on any atom is 0.285 e. The van der Waals surface area contributed by atoms with Crippen molar-refractivity contribution < 1.29 is 17.5 Å². The smallest absolute Gasteiger partial charge is 0.272 e. The van der Waals surface area contributed by atoms with E-state index in [1.165, 1.54) is 5.56 Å². The highest BCUT2D eigenvalue weighted by Crippen LogP contribution is 2.37. The number of allylic oxidation sites excluding steroid dienone is 1. The van der Waals surface area contributed by atoms with Crippen LogP contribution in [0.4, 0.5) is 0 Å². The third-order valence-corrected chi connectivity index (χ3v) is 5.49. The second-order valence-electron chi connectivity index (χ2n) is 7.66. The van der Waals surface area contributed by atoms with Crippen LogP contribution in [-0.2, 0) is 31.2 Å². The topological polar surface area (TPSA) is 63.7 Å². The number of carbonyl (C=O) groups excluding carboxylic acids is 1. The molecular weight excluding hydrogens is 374 g/mol. The van der Waals surface area contributed by atoms with Gasteiger partial charge in [0.2, 0.25) is 0 Å². The second-order valence-corrected chi connectivity index (χ2v) is 9.22. The molecule has 2 aromatic carbocycles. The van der Waals surface area contributed by atoms with Crippen LogP contribution in [0, 0.1) is 0 Å². The highest BCUT2D eigenvalue weighted by atomic mass is 32.2. The zero-order chi connectivity index (χ0) is 20.5. The van der Waals surface area contributed by atoms with Gasteiger partial charge in [-0.15, -0.1) is 4.28 Å². The Hall–Kier alpha value is -2.44. The van der Waals surface area contributed by atoms with Crippen molar-refractivity contribution in [1.82, 2.24) is 5.06 Å². The summed E-state index contributed by atoms with van der Waals surface area (Å²) in [5.41, 5.74) is 4.10. The van der Waals surface area contributed by atoms with Crippen LogP contribution >= 0.6 is 0 Å². The van der Waals surface area contributed by atoms with Gasteiger partial charge in [0, 0.05) is 0 Å². The summed E-state index contributed by atoms with van der Waals surface area (Å²) in [6.07, 6.45) is 1.83. The Labute approximate surface area is 166 Å². The lowest BCUT2D eigenvalue weighted by Crippen LogP contribution is -2.46. The highest BCUT2D eigenvalue weighted by molar-refractivity contribution is 7.85. The van der Waals surface area contributed by atoms with Crippen molar-refractivity contribution in [3.63, 3.8) is 0 Å². The van der Waals surface area contributed by atoms with E-state index in [9.17, 15) is 13.2 Å². The van der Waals surface area contributed by atoms with Crippen LogP contribution in [0.5, 0.6) is 0 Å². The standard InChI is InChI=1S/C22H25NO4S/c1-16-14-17-10-8-9-13-19(17)20(16)15-21(24)23(27-28(4,25)26)22(2,3)18-11-6-5-7-12-18/h5-13H,14-15H2,1-4H3. The van der Waals surface area contributed by atoms with Crippen LogP contribution in [0.25, 0.3) is 5.57 Å². The van der Waals surface area contributed by atoms with E-state index in [0.717, 1.165) is 40.0 Å². The molecule has 0 saturated carbocycles. The number of benzene rings is 2. The molecule has 0 fully saturated rings. The molecule has 0 N–H and O–H groups in total. The van der Waals surface area contributed by atoms with Gasteiger partial charge in [0.15, 0.2) is 0 Å². The number of fused-ring (bicyclic) bond motifs is 1. The first-order valence-electron chi connectivity index (χ1n) is 9.14. The van der Waals surface area contributed by atoms with E-state index in [1.807, 2.05) is 55.5 Å². The molecule has 5 nitrogen and oxygen atoms in total. The summed E-state index contributed by atoms with van der Waals surface area (Å²) >= 11 is 0. The first-order chi connectivity index (χ1) is 13.1. The van der Waals surface area contributed by atoms with Gasteiger partial charge in [0.05, 0.1) is 18.2 Å². The molecule has 1 aliphatic rings. The number of hydrogen-bond acceptors (Lipinski definition) is 4. The second kappa shape index (κ2) is 7.53. The summed E-state index contributed by atoms with van der Waals surface area (Å²) in [5, 5.41) is 0.999. The first-order valence-corrected chi connectivity index (χ1v) is 11.0. The number of carbonyl (C=O) groups is 1. The molecule has 2 aromatic rings. The van der Waals surface area contributed by atoms with Crippen molar-refractivity contribution in [2.24, 2.45) is 0 Å². The van der Waals surface area contributed by atoms with Crippen molar-refractivity contribution in [2.75, 3.05) is 6.26 Å². The van der Waals surface area contributed by atoms with Gasteiger partial charge in [-0.1, -0.05) is 60.2 Å². The molecule has 3 rings (SSSR count). The minimum atomic E-state index is -3.88. The van der Waals surface area contributed by atoms with Crippen LogP contribution in [0.15, 0.2) is 60.2 Å². The van der Waals surface area contributed by atoms with E-state index >= 15 is 0 Å². The molecule has 0 radical (unpaired) electrons. The first kappa shape index (κ1) is 20.3. The van der Waals surface area contributed by atoms with Crippen LogP contribution in [0.2, 0.25) is 0 Å². The minimum Gasteiger partial charge on any atom is -0.272 e. The number of rotatable bonds is 6. The predicted molar refractivity (Wildman–Crippen MR) is 110 cm³/mol. The molecule has 0 atom stereocenters. The molecule has 0 spiro atoms. The summed E-state index contributed by atoms with van der Waals surface area (Å²) < 4.78 is 29.0. The third kappa shape index (κ3) is 4.18. The van der Waals surface area contributed by atoms with Crippen molar-refractivity contribution >= 4 is 21.6 Å². The molecule has 1 aliphatic carbocycles. The summed E-state index contributed by atoms with van der Waals surface area (Å²) in [6.45, 7) is 5.55. The zero-order valence-corrected chi connectivity index (χ0v) is 17.4. The number of hydroxylamine groups is 2. The SMILES string of the molecule is CC1=C(CC(=O)N(OS(C)(=O)=O)C(C)(C)c2ccccc2)c2ccccc2C1. The highest BCUT2D eigenvalue weighted by Gasteiger charge is 2.37. The number of nitrogens with zero attached hydrogens (tertiary/aromatic N) is 1. The fourth-order valence-corrected chi connectivity index (χ4v) is 4.15. The van der Waals surface area contributed by atoms with E-state index in [0.29, 0.717) is 0 Å². The number of hydrogen-bond donors (Lipinski definition) is 0. The van der Waals surface area contributed by atoms with Gasteiger partial charge in [0.25, 0.3) is 16.0 Å². The van der Waals surface area contributed by atoms with E-state index < -0.39 is 21.6 Å². The van der Waals surface area contributed by atoms with E-state index in [-0.39, 0.29) is 6.42 Å². The maximum atomic E-state index is 13.3. The fourth-order valence-electron chi connectivity index (χ4n) is 3.61. The largest absolute Gasteiger partial charge is 0.285 e. The Morgan fingerprint density at radius 3 is 2.32 bits per heavy atom. The van der Waals surface area contributed by atoms with Crippen LogP contribution in [-0.4, -0.2) is 25.6 Å². The molecule has 0 heterocycles. The van der Waals surface area contributed by atoms with E-state index in [4.69, 9.17) is 4.28 Å². The maximum absolute atomic E-state index is 13.3. The lowest BCUT2D eigenvalue weighted by atomic mass is 9.93. The molecule has 0 aromatic heterocycles. The molecule has 1 amide bonds. The van der Waals surface area contributed by atoms with Crippen molar-refractivity contribution in [1.29, 1.82) is 0 Å². The van der Waals surface area contributed by atoms with Crippen molar-refractivity contribution in [3.05, 3.63) is 76.9 Å². The Balaban J connectivity index is 1.95. The monoisotopic (exact) mass is 399 g/mol. The summed E-state index contributed by atoms with van der Waals surface area (Å²) in [6, 6.07) is 17.2. The number of amides is 1. The Kier molecular flexibility index (Phi) is 5.46. The summed E-state index contributed by atoms with van der Waals surface area (Å²) in [4.78, 5) is 13.3.